The third kappa shape index (κ3) is 4.34. The van der Waals surface area contributed by atoms with E-state index in [4.69, 9.17) is 0 Å². The maximum Gasteiger partial charge on any atom is 0.416 e. The van der Waals surface area contributed by atoms with Gasteiger partial charge in [-0.3, -0.25) is 4.79 Å². The first-order valence-corrected chi connectivity index (χ1v) is 11.7. The van der Waals surface area contributed by atoms with Crippen molar-refractivity contribution in [3.63, 3.8) is 0 Å². The Morgan fingerprint density at radius 1 is 0.968 bits per heavy atom. The molecule has 0 saturated carbocycles. The molecule has 0 aliphatic carbocycles. The van der Waals surface area contributed by atoms with Crippen LogP contribution in [0.5, 0.6) is 0 Å². The molecule has 1 amide bonds. The molecule has 0 radical (unpaired) electrons. The maximum absolute atomic E-state index is 13.1. The highest BCUT2D eigenvalue weighted by molar-refractivity contribution is 7.89. The number of para-hydroxylation sites is 1. The number of hydrogen-bond donors (Lipinski definition) is 0. The van der Waals surface area contributed by atoms with E-state index < -0.39 is 21.8 Å². The lowest BCUT2D eigenvalue weighted by atomic mass is 9.94. The average Bonchev–Trinajstić information content (AvgIpc) is 2.78. The van der Waals surface area contributed by atoms with E-state index in [1.807, 2.05) is 24.3 Å². The van der Waals surface area contributed by atoms with Gasteiger partial charge in [-0.05, 0) is 55.5 Å². The molecule has 1 saturated heterocycles. The van der Waals surface area contributed by atoms with Gasteiger partial charge in [0.15, 0.2) is 0 Å². The van der Waals surface area contributed by atoms with Crippen LogP contribution in [-0.4, -0.2) is 38.3 Å². The number of sulfonamides is 1. The second-order valence-corrected chi connectivity index (χ2v) is 9.86. The number of aryl methyl sites for hydroxylation is 1. The standard InChI is InChI=1S/C22H23F3N2O3S/c23-22(24,25)18-7-3-8-19(15-18)31(29,30)26-13-10-17(11-14-26)21(28)27-12-4-6-16-5-1-2-9-20(16)27/h1-3,5,7-9,15,17H,4,6,10-14H2. The zero-order valence-electron chi connectivity index (χ0n) is 16.8. The van der Waals surface area contributed by atoms with Crippen LogP contribution in [0.15, 0.2) is 53.4 Å². The van der Waals surface area contributed by atoms with E-state index >= 15 is 0 Å². The minimum Gasteiger partial charge on any atom is -0.312 e. The predicted octanol–water partition coefficient (Wildman–Crippen LogP) is 4.09. The van der Waals surface area contributed by atoms with Crippen LogP contribution in [0.25, 0.3) is 0 Å². The fourth-order valence-corrected chi connectivity index (χ4v) is 5.82. The lowest BCUT2D eigenvalue weighted by molar-refractivity contribution is -0.137. The molecule has 31 heavy (non-hydrogen) atoms. The first kappa shape index (κ1) is 21.8. The van der Waals surface area contributed by atoms with Gasteiger partial charge < -0.3 is 4.90 Å². The number of halogens is 3. The molecule has 0 bridgehead atoms. The van der Waals surface area contributed by atoms with Gasteiger partial charge in [-0.1, -0.05) is 24.3 Å². The molecule has 0 N–H and O–H groups in total. The summed E-state index contributed by atoms with van der Waals surface area (Å²) in [5.41, 5.74) is 1.05. The summed E-state index contributed by atoms with van der Waals surface area (Å²) in [4.78, 5) is 14.5. The van der Waals surface area contributed by atoms with E-state index in [0.717, 1.165) is 36.2 Å². The maximum atomic E-state index is 13.1. The van der Waals surface area contributed by atoms with Crippen LogP contribution in [0.4, 0.5) is 18.9 Å². The smallest absolute Gasteiger partial charge is 0.312 e. The third-order valence-electron chi connectivity index (χ3n) is 5.98. The molecular formula is C22H23F3N2O3S. The largest absolute Gasteiger partial charge is 0.416 e. The van der Waals surface area contributed by atoms with Crippen molar-refractivity contribution in [1.82, 2.24) is 4.31 Å². The van der Waals surface area contributed by atoms with Gasteiger partial charge in [0.25, 0.3) is 0 Å². The van der Waals surface area contributed by atoms with Gasteiger partial charge in [0, 0.05) is 31.2 Å². The SMILES string of the molecule is O=C(C1CCN(S(=O)(=O)c2cccc(C(F)(F)F)c2)CC1)N1CCCc2ccccc21. The molecule has 2 aromatic carbocycles. The molecule has 166 valence electrons. The fourth-order valence-electron chi connectivity index (χ4n) is 4.31. The van der Waals surface area contributed by atoms with E-state index in [1.54, 1.807) is 4.90 Å². The Morgan fingerprint density at radius 3 is 2.39 bits per heavy atom. The Labute approximate surface area is 179 Å². The van der Waals surface area contributed by atoms with Gasteiger partial charge in [0.2, 0.25) is 15.9 Å². The molecule has 2 heterocycles. The van der Waals surface area contributed by atoms with E-state index in [0.29, 0.717) is 25.5 Å². The lowest BCUT2D eigenvalue weighted by Gasteiger charge is -2.36. The molecule has 2 aliphatic rings. The van der Waals surface area contributed by atoms with Crippen LogP contribution in [0.1, 0.15) is 30.4 Å². The zero-order valence-corrected chi connectivity index (χ0v) is 17.6. The summed E-state index contributed by atoms with van der Waals surface area (Å²) in [5.74, 6) is -0.317. The monoisotopic (exact) mass is 452 g/mol. The third-order valence-corrected chi connectivity index (χ3v) is 7.87. The fraction of sp³-hybridized carbons (Fsp3) is 0.409. The molecule has 5 nitrogen and oxygen atoms in total. The minimum atomic E-state index is -4.62. The van der Waals surface area contributed by atoms with Crippen molar-refractivity contribution < 1.29 is 26.4 Å². The van der Waals surface area contributed by atoms with Gasteiger partial charge in [0.05, 0.1) is 10.5 Å². The molecule has 2 aromatic rings. The molecule has 4 rings (SSSR count). The summed E-state index contributed by atoms with van der Waals surface area (Å²) in [6, 6.07) is 11.6. The van der Waals surface area contributed by atoms with Crippen molar-refractivity contribution in [2.45, 2.75) is 36.8 Å². The summed E-state index contributed by atoms with van der Waals surface area (Å²) in [6.07, 6.45) is -2.12. The number of carbonyl (C=O) groups is 1. The van der Waals surface area contributed by atoms with Gasteiger partial charge >= 0.3 is 6.18 Å². The number of carbonyl (C=O) groups excluding carboxylic acids is 1. The number of rotatable bonds is 3. The van der Waals surface area contributed by atoms with Crippen molar-refractivity contribution >= 4 is 21.6 Å². The topological polar surface area (TPSA) is 57.7 Å². The average molecular weight is 452 g/mol. The molecule has 2 aliphatic heterocycles. The van der Waals surface area contributed by atoms with Gasteiger partial charge in [-0.25, -0.2) is 8.42 Å². The summed E-state index contributed by atoms with van der Waals surface area (Å²) in [7, 11) is -4.06. The summed E-state index contributed by atoms with van der Waals surface area (Å²) in [6.45, 7) is 0.841. The second kappa shape index (κ2) is 8.27. The molecule has 0 atom stereocenters. The number of hydrogen-bond acceptors (Lipinski definition) is 3. The first-order valence-electron chi connectivity index (χ1n) is 10.2. The molecule has 1 fully saturated rings. The van der Waals surface area contributed by atoms with Crippen LogP contribution in [0.3, 0.4) is 0 Å². The number of fused-ring (bicyclic) bond motifs is 1. The molecule has 0 spiro atoms. The van der Waals surface area contributed by atoms with Crippen LogP contribution < -0.4 is 4.90 Å². The van der Waals surface area contributed by atoms with Crippen LogP contribution in [0.2, 0.25) is 0 Å². The van der Waals surface area contributed by atoms with Crippen molar-refractivity contribution in [3.05, 3.63) is 59.7 Å². The Morgan fingerprint density at radius 2 is 1.68 bits per heavy atom. The van der Waals surface area contributed by atoms with E-state index in [9.17, 15) is 26.4 Å². The second-order valence-electron chi connectivity index (χ2n) is 7.93. The van der Waals surface area contributed by atoms with Crippen molar-refractivity contribution in [2.75, 3.05) is 24.5 Å². The normalized spacial score (nSPS) is 18.6. The number of nitrogens with zero attached hydrogens (tertiary/aromatic N) is 2. The van der Waals surface area contributed by atoms with Crippen LogP contribution in [0, 0.1) is 5.92 Å². The Hall–Kier alpha value is -2.39. The summed E-state index contributed by atoms with van der Waals surface area (Å²) < 4.78 is 65.8. The Kier molecular flexibility index (Phi) is 5.83. The number of amides is 1. The van der Waals surface area contributed by atoms with E-state index in [-0.39, 0.29) is 29.8 Å². The molecule has 9 heteroatoms. The molecular weight excluding hydrogens is 429 g/mol. The summed E-state index contributed by atoms with van der Waals surface area (Å²) in [5, 5.41) is 0. The highest BCUT2D eigenvalue weighted by Crippen LogP contribution is 2.33. The lowest BCUT2D eigenvalue weighted by Crippen LogP contribution is -2.45. The molecule has 0 aromatic heterocycles. The number of piperidine rings is 1. The zero-order chi connectivity index (χ0) is 22.2. The number of anilines is 1. The van der Waals surface area contributed by atoms with Crippen LogP contribution in [-0.2, 0) is 27.4 Å². The summed E-state index contributed by atoms with van der Waals surface area (Å²) >= 11 is 0. The van der Waals surface area contributed by atoms with Gasteiger partial charge in [-0.2, -0.15) is 17.5 Å². The minimum absolute atomic E-state index is 0.0109. The van der Waals surface area contributed by atoms with E-state index in [2.05, 4.69) is 0 Å². The quantitative estimate of drug-likeness (QED) is 0.705. The molecule has 0 unspecified atom stereocenters. The number of alkyl halides is 3. The highest BCUT2D eigenvalue weighted by atomic mass is 32.2. The van der Waals surface area contributed by atoms with Gasteiger partial charge in [0.1, 0.15) is 0 Å². The Balaban J connectivity index is 1.46. The van der Waals surface area contributed by atoms with Gasteiger partial charge in [-0.15, -0.1) is 0 Å². The number of benzene rings is 2. The van der Waals surface area contributed by atoms with Crippen molar-refractivity contribution in [2.24, 2.45) is 5.92 Å². The first-order chi connectivity index (χ1) is 14.7. The van der Waals surface area contributed by atoms with Crippen LogP contribution >= 0.6 is 0 Å². The Bertz CT molecular complexity index is 1080. The predicted molar refractivity (Wildman–Crippen MR) is 110 cm³/mol. The van der Waals surface area contributed by atoms with Crippen molar-refractivity contribution in [1.29, 1.82) is 0 Å². The van der Waals surface area contributed by atoms with E-state index in [1.165, 1.54) is 10.4 Å². The van der Waals surface area contributed by atoms with Crippen molar-refractivity contribution in [3.8, 4) is 0 Å². The highest BCUT2D eigenvalue weighted by Gasteiger charge is 2.36.